The second-order valence-electron chi connectivity index (χ2n) is 9.02. The smallest absolute Gasteiger partial charge is 0.162 e. The van der Waals surface area contributed by atoms with E-state index in [1.807, 2.05) is 6.08 Å². The number of alkyl halides is 1. The summed E-state index contributed by atoms with van der Waals surface area (Å²) in [5.41, 5.74) is 0.982. The van der Waals surface area contributed by atoms with Crippen LogP contribution >= 0.6 is 0 Å². The molecule has 2 fully saturated rings. The molecule has 2 aliphatic carbocycles. The zero-order chi connectivity index (χ0) is 19.9. The number of halogens is 3. The molecule has 0 heterocycles. The minimum atomic E-state index is -0.669. The summed E-state index contributed by atoms with van der Waals surface area (Å²) in [6.07, 6.45) is 16.5. The van der Waals surface area contributed by atoms with Crippen molar-refractivity contribution in [2.24, 2.45) is 17.8 Å². The van der Waals surface area contributed by atoms with Gasteiger partial charge in [0.2, 0.25) is 0 Å². The van der Waals surface area contributed by atoms with Gasteiger partial charge < -0.3 is 0 Å². The number of hydrogen-bond donors (Lipinski definition) is 0. The van der Waals surface area contributed by atoms with Gasteiger partial charge in [-0.3, -0.25) is 4.39 Å². The van der Waals surface area contributed by atoms with E-state index < -0.39 is 11.6 Å². The van der Waals surface area contributed by atoms with Gasteiger partial charge in [-0.2, -0.15) is 0 Å². The van der Waals surface area contributed by atoms with Crippen LogP contribution in [-0.4, -0.2) is 6.67 Å². The maximum absolute atomic E-state index is 14.3. The highest BCUT2D eigenvalue weighted by atomic mass is 19.2. The third-order valence-electron chi connectivity index (χ3n) is 7.26. The van der Waals surface area contributed by atoms with Crippen LogP contribution in [0.1, 0.15) is 87.7 Å². The fourth-order valence-corrected chi connectivity index (χ4v) is 5.46. The van der Waals surface area contributed by atoms with Gasteiger partial charge >= 0.3 is 0 Å². The molecule has 156 valence electrons. The highest BCUT2D eigenvalue weighted by Crippen LogP contribution is 2.45. The first kappa shape index (κ1) is 21.5. The predicted molar refractivity (Wildman–Crippen MR) is 110 cm³/mol. The number of benzene rings is 1. The molecule has 0 aromatic heterocycles. The maximum Gasteiger partial charge on any atom is 0.162 e. The van der Waals surface area contributed by atoms with Crippen molar-refractivity contribution in [3.8, 4) is 0 Å². The lowest BCUT2D eigenvalue weighted by Crippen LogP contribution is -2.25. The third kappa shape index (κ3) is 5.42. The molecule has 1 aromatic carbocycles. The van der Waals surface area contributed by atoms with E-state index in [0.717, 1.165) is 49.9 Å². The molecule has 0 bridgehead atoms. The zero-order valence-electron chi connectivity index (χ0n) is 17.2. The molecular weight excluding hydrogens is 357 g/mol. The van der Waals surface area contributed by atoms with Crippen LogP contribution in [0.15, 0.2) is 24.3 Å². The molecule has 0 unspecified atom stereocenters. The van der Waals surface area contributed by atoms with E-state index in [1.165, 1.54) is 32.1 Å². The minimum absolute atomic E-state index is 0.179. The van der Waals surface area contributed by atoms with Crippen molar-refractivity contribution in [1.82, 2.24) is 0 Å². The third-order valence-corrected chi connectivity index (χ3v) is 7.26. The second-order valence-corrected chi connectivity index (χ2v) is 9.02. The monoisotopic (exact) mass is 392 g/mol. The first-order valence-corrected chi connectivity index (χ1v) is 11.3. The van der Waals surface area contributed by atoms with E-state index in [-0.39, 0.29) is 12.6 Å². The molecule has 0 N–H and O–H groups in total. The second kappa shape index (κ2) is 10.5. The molecule has 0 amide bonds. The van der Waals surface area contributed by atoms with E-state index >= 15 is 0 Å². The van der Waals surface area contributed by atoms with Crippen LogP contribution in [0.3, 0.4) is 0 Å². The average molecular weight is 393 g/mol. The molecule has 0 nitrogen and oxygen atoms in total. The topological polar surface area (TPSA) is 0 Å². The van der Waals surface area contributed by atoms with Crippen molar-refractivity contribution in [2.75, 3.05) is 6.67 Å². The van der Waals surface area contributed by atoms with Crippen molar-refractivity contribution < 1.29 is 13.2 Å². The van der Waals surface area contributed by atoms with Gasteiger partial charge in [0, 0.05) is 0 Å². The largest absolute Gasteiger partial charge is 0.251 e. The van der Waals surface area contributed by atoms with Crippen LogP contribution < -0.4 is 0 Å². The van der Waals surface area contributed by atoms with E-state index in [4.69, 9.17) is 0 Å². The van der Waals surface area contributed by atoms with Gasteiger partial charge in [-0.25, -0.2) is 8.78 Å². The standard InChI is InChI=1S/C25H35F3/c1-18-7-16-23(25(28)24(18)27)22-14-12-21(13-15-22)20-10-8-19(9-11-20)6-4-2-3-5-17-26/h2-3,7,16,19-22H,4-6,8-15,17H2,1H3. The number of aryl methyl sites for hydroxylation is 1. The molecule has 0 radical (unpaired) electrons. The molecule has 0 atom stereocenters. The molecule has 28 heavy (non-hydrogen) atoms. The molecule has 2 aliphatic rings. The molecule has 0 saturated heterocycles. The lowest BCUT2D eigenvalue weighted by atomic mass is 9.68. The van der Waals surface area contributed by atoms with Crippen molar-refractivity contribution in [1.29, 1.82) is 0 Å². The van der Waals surface area contributed by atoms with Crippen molar-refractivity contribution in [3.63, 3.8) is 0 Å². The zero-order valence-corrected chi connectivity index (χ0v) is 17.2. The van der Waals surface area contributed by atoms with E-state index in [9.17, 15) is 13.2 Å². The molecule has 1 aromatic rings. The molecule has 3 heteroatoms. The number of allylic oxidation sites excluding steroid dienone is 2. The average Bonchev–Trinajstić information content (AvgIpc) is 2.73. The minimum Gasteiger partial charge on any atom is -0.251 e. The van der Waals surface area contributed by atoms with Crippen molar-refractivity contribution in [3.05, 3.63) is 47.0 Å². The van der Waals surface area contributed by atoms with Crippen LogP contribution in [0.25, 0.3) is 0 Å². The van der Waals surface area contributed by atoms with E-state index in [1.54, 1.807) is 19.1 Å². The Hall–Kier alpha value is -1.25. The van der Waals surface area contributed by atoms with Gasteiger partial charge in [-0.05, 0) is 99.5 Å². The fourth-order valence-electron chi connectivity index (χ4n) is 5.46. The van der Waals surface area contributed by atoms with Crippen LogP contribution in [0.5, 0.6) is 0 Å². The van der Waals surface area contributed by atoms with Gasteiger partial charge in [0.15, 0.2) is 11.6 Å². The summed E-state index contributed by atoms with van der Waals surface area (Å²) in [4.78, 5) is 0. The van der Waals surface area contributed by atoms with Gasteiger partial charge in [-0.1, -0.05) is 37.1 Å². The molecule has 0 spiro atoms. The summed E-state index contributed by atoms with van der Waals surface area (Å²) in [7, 11) is 0. The Bertz CT molecular complexity index is 635. The molecule has 0 aliphatic heterocycles. The van der Waals surface area contributed by atoms with Crippen molar-refractivity contribution >= 4 is 0 Å². The summed E-state index contributed by atoms with van der Waals surface area (Å²) in [5.74, 6) is 1.30. The van der Waals surface area contributed by atoms with E-state index in [2.05, 4.69) is 6.08 Å². The van der Waals surface area contributed by atoms with Crippen LogP contribution in [0.2, 0.25) is 0 Å². The Labute approximate surface area is 168 Å². The Balaban J connectivity index is 1.42. The van der Waals surface area contributed by atoms with Gasteiger partial charge in [0.1, 0.15) is 0 Å². The van der Waals surface area contributed by atoms with Crippen LogP contribution in [0.4, 0.5) is 13.2 Å². The number of rotatable bonds is 7. The lowest BCUT2D eigenvalue weighted by Gasteiger charge is -2.38. The van der Waals surface area contributed by atoms with E-state index in [0.29, 0.717) is 17.5 Å². The van der Waals surface area contributed by atoms with Gasteiger partial charge in [0.05, 0.1) is 6.67 Å². The normalized spacial score (nSPS) is 28.7. The lowest BCUT2D eigenvalue weighted by molar-refractivity contribution is 0.156. The Morgan fingerprint density at radius 2 is 1.43 bits per heavy atom. The predicted octanol–water partition coefficient (Wildman–Crippen LogP) is 8.05. The Kier molecular flexibility index (Phi) is 8.05. The fraction of sp³-hybridized carbons (Fsp3) is 0.680. The number of hydrogen-bond acceptors (Lipinski definition) is 0. The highest BCUT2D eigenvalue weighted by molar-refractivity contribution is 5.28. The summed E-state index contributed by atoms with van der Waals surface area (Å²) in [6, 6.07) is 3.51. The molecular formula is C25H35F3. The van der Waals surface area contributed by atoms with Crippen LogP contribution in [-0.2, 0) is 0 Å². The highest BCUT2D eigenvalue weighted by Gasteiger charge is 2.32. The Morgan fingerprint density at radius 1 is 0.821 bits per heavy atom. The summed E-state index contributed by atoms with van der Waals surface area (Å²) < 4.78 is 40.3. The van der Waals surface area contributed by atoms with Gasteiger partial charge in [-0.15, -0.1) is 0 Å². The summed E-state index contributed by atoms with van der Waals surface area (Å²) in [6.45, 7) is 1.37. The summed E-state index contributed by atoms with van der Waals surface area (Å²) in [5, 5.41) is 0. The van der Waals surface area contributed by atoms with Crippen molar-refractivity contribution in [2.45, 2.75) is 83.5 Å². The van der Waals surface area contributed by atoms with Gasteiger partial charge in [0.25, 0.3) is 0 Å². The first-order valence-electron chi connectivity index (χ1n) is 11.3. The summed E-state index contributed by atoms with van der Waals surface area (Å²) >= 11 is 0. The molecule has 2 saturated carbocycles. The maximum atomic E-state index is 14.3. The molecule has 3 rings (SSSR count). The first-order chi connectivity index (χ1) is 13.6. The van der Waals surface area contributed by atoms with Crippen LogP contribution in [0, 0.1) is 36.3 Å². The Morgan fingerprint density at radius 3 is 2.07 bits per heavy atom. The quantitative estimate of drug-likeness (QED) is 0.412. The SMILES string of the molecule is Cc1ccc(C2CCC(C3CCC(CCC=CCCF)CC3)CC2)c(F)c1F.